The summed E-state index contributed by atoms with van der Waals surface area (Å²) in [6.07, 6.45) is 1.69. The first-order valence-electron chi connectivity index (χ1n) is 7.53. The normalized spacial score (nSPS) is 23.2. The van der Waals surface area contributed by atoms with Gasteiger partial charge in [-0.05, 0) is 19.8 Å². The van der Waals surface area contributed by atoms with Crippen LogP contribution in [0.15, 0.2) is 6.33 Å². The summed E-state index contributed by atoms with van der Waals surface area (Å²) in [5.41, 5.74) is 1.25. The summed E-state index contributed by atoms with van der Waals surface area (Å²) in [5, 5.41) is 4.02. The number of hydrogen-bond acceptors (Lipinski definition) is 5. The van der Waals surface area contributed by atoms with Gasteiger partial charge in [0.1, 0.15) is 18.0 Å². The number of anilines is 2. The quantitative estimate of drug-likeness (QED) is 0.922. The van der Waals surface area contributed by atoms with Crippen LogP contribution in [0.2, 0.25) is 0 Å². The molecule has 1 fully saturated rings. The van der Waals surface area contributed by atoms with Gasteiger partial charge in [0.25, 0.3) is 0 Å². The molecule has 5 heteroatoms. The van der Waals surface area contributed by atoms with Crippen molar-refractivity contribution < 1.29 is 0 Å². The van der Waals surface area contributed by atoms with E-state index in [0.29, 0.717) is 17.2 Å². The second-order valence-electron chi connectivity index (χ2n) is 5.65. The summed E-state index contributed by atoms with van der Waals surface area (Å²) in [6, 6.07) is 0.510. The molecule has 1 aromatic heterocycles. The fourth-order valence-corrected chi connectivity index (χ4v) is 3.79. The molecule has 1 aromatic rings. The average molecular weight is 294 g/mol. The van der Waals surface area contributed by atoms with Gasteiger partial charge in [-0.3, -0.25) is 0 Å². The monoisotopic (exact) mass is 294 g/mol. The van der Waals surface area contributed by atoms with Crippen molar-refractivity contribution in [3.63, 3.8) is 0 Å². The van der Waals surface area contributed by atoms with Crippen LogP contribution >= 0.6 is 11.8 Å². The van der Waals surface area contributed by atoms with Gasteiger partial charge in [0.05, 0.1) is 0 Å². The number of hydrogen-bond donors (Lipinski definition) is 1. The topological polar surface area (TPSA) is 41.1 Å². The molecule has 4 nitrogen and oxygen atoms in total. The Labute approximate surface area is 126 Å². The molecule has 2 rings (SSSR count). The van der Waals surface area contributed by atoms with E-state index in [1.165, 1.54) is 11.3 Å². The molecule has 2 atom stereocenters. The Balaban J connectivity index is 2.42. The molecule has 2 heterocycles. The third-order valence-electron chi connectivity index (χ3n) is 3.94. The smallest absolute Gasteiger partial charge is 0.137 e. The van der Waals surface area contributed by atoms with E-state index < -0.39 is 0 Å². The van der Waals surface area contributed by atoms with Crippen molar-refractivity contribution in [2.45, 2.75) is 51.8 Å². The zero-order chi connectivity index (χ0) is 14.7. The van der Waals surface area contributed by atoms with Crippen molar-refractivity contribution in [1.29, 1.82) is 0 Å². The Morgan fingerprint density at radius 2 is 2.15 bits per heavy atom. The number of thioether (sulfide) groups is 1. The van der Waals surface area contributed by atoms with Crippen LogP contribution in [-0.2, 0) is 0 Å². The molecule has 112 valence electrons. The minimum absolute atomic E-state index is 0.414. The molecule has 0 bridgehead atoms. The van der Waals surface area contributed by atoms with Gasteiger partial charge in [0, 0.05) is 35.7 Å². The van der Waals surface area contributed by atoms with Crippen LogP contribution in [-0.4, -0.2) is 40.1 Å². The molecule has 2 unspecified atom stereocenters. The Hall–Kier alpha value is -0.970. The summed E-state index contributed by atoms with van der Waals surface area (Å²) < 4.78 is 0. The highest BCUT2D eigenvalue weighted by Gasteiger charge is 2.29. The molecule has 1 aliphatic heterocycles. The maximum Gasteiger partial charge on any atom is 0.137 e. The minimum atomic E-state index is 0.414. The van der Waals surface area contributed by atoms with Gasteiger partial charge in [-0.15, -0.1) is 0 Å². The zero-order valence-electron chi connectivity index (χ0n) is 13.2. The van der Waals surface area contributed by atoms with E-state index in [0.717, 1.165) is 24.7 Å². The van der Waals surface area contributed by atoms with Gasteiger partial charge < -0.3 is 10.2 Å². The first-order chi connectivity index (χ1) is 9.56. The lowest BCUT2D eigenvalue weighted by Crippen LogP contribution is -2.45. The third-order valence-corrected chi connectivity index (χ3v) is 5.28. The predicted octanol–water partition coefficient (Wildman–Crippen LogP) is 3.36. The molecule has 0 amide bonds. The Morgan fingerprint density at radius 1 is 1.40 bits per heavy atom. The molecule has 1 saturated heterocycles. The van der Waals surface area contributed by atoms with Crippen molar-refractivity contribution >= 4 is 23.4 Å². The van der Waals surface area contributed by atoms with E-state index in [4.69, 9.17) is 0 Å². The summed E-state index contributed by atoms with van der Waals surface area (Å²) in [5.74, 6) is 3.69. The van der Waals surface area contributed by atoms with Crippen LogP contribution in [0.4, 0.5) is 11.6 Å². The molecular formula is C15H26N4S. The van der Waals surface area contributed by atoms with E-state index >= 15 is 0 Å². The molecule has 20 heavy (non-hydrogen) atoms. The van der Waals surface area contributed by atoms with Crippen molar-refractivity contribution in [2.24, 2.45) is 0 Å². The molecule has 0 aliphatic carbocycles. The van der Waals surface area contributed by atoms with Crippen LogP contribution < -0.4 is 10.2 Å². The SMILES string of the molecule is CCNc1ncnc(N2CCSC(C)C2C)c1C(C)C. The van der Waals surface area contributed by atoms with E-state index in [1.807, 2.05) is 0 Å². The van der Waals surface area contributed by atoms with E-state index in [1.54, 1.807) is 6.33 Å². The maximum absolute atomic E-state index is 4.62. The molecule has 0 radical (unpaired) electrons. The van der Waals surface area contributed by atoms with Gasteiger partial charge in [0.2, 0.25) is 0 Å². The first kappa shape index (κ1) is 15.4. The minimum Gasteiger partial charge on any atom is -0.370 e. The van der Waals surface area contributed by atoms with Gasteiger partial charge >= 0.3 is 0 Å². The molecule has 1 aliphatic rings. The summed E-state index contributed by atoms with van der Waals surface area (Å²) in [7, 11) is 0. The molecule has 0 spiro atoms. The number of aromatic nitrogens is 2. The van der Waals surface area contributed by atoms with Gasteiger partial charge in [0.15, 0.2) is 0 Å². The van der Waals surface area contributed by atoms with E-state index in [9.17, 15) is 0 Å². The largest absolute Gasteiger partial charge is 0.370 e. The third kappa shape index (κ3) is 3.03. The average Bonchev–Trinajstić information content (AvgIpc) is 2.42. The van der Waals surface area contributed by atoms with Crippen LogP contribution in [0.25, 0.3) is 0 Å². The molecule has 0 aromatic carbocycles. The van der Waals surface area contributed by atoms with Crippen molar-refractivity contribution in [3.05, 3.63) is 11.9 Å². The van der Waals surface area contributed by atoms with Gasteiger partial charge in [-0.25, -0.2) is 9.97 Å². The maximum atomic E-state index is 4.62. The van der Waals surface area contributed by atoms with Gasteiger partial charge in [-0.2, -0.15) is 11.8 Å². The fraction of sp³-hybridized carbons (Fsp3) is 0.733. The Bertz CT molecular complexity index is 449. The van der Waals surface area contributed by atoms with Crippen molar-refractivity contribution in [2.75, 3.05) is 29.1 Å². The molecule has 0 saturated carbocycles. The molecular weight excluding hydrogens is 268 g/mol. The highest BCUT2D eigenvalue weighted by Crippen LogP contribution is 2.35. The van der Waals surface area contributed by atoms with E-state index in [-0.39, 0.29) is 0 Å². The second kappa shape index (κ2) is 6.66. The number of nitrogens with zero attached hydrogens (tertiary/aromatic N) is 3. The Kier molecular flexibility index (Phi) is 5.13. The first-order valence-corrected chi connectivity index (χ1v) is 8.58. The predicted molar refractivity (Wildman–Crippen MR) is 89.0 cm³/mol. The summed E-state index contributed by atoms with van der Waals surface area (Å²) in [6.45, 7) is 13.1. The van der Waals surface area contributed by atoms with E-state index in [2.05, 4.69) is 66.6 Å². The highest BCUT2D eigenvalue weighted by atomic mass is 32.2. The Morgan fingerprint density at radius 3 is 2.80 bits per heavy atom. The lowest BCUT2D eigenvalue weighted by molar-refractivity contribution is 0.613. The number of rotatable bonds is 4. The standard InChI is InChI=1S/C15H26N4S/c1-6-16-14-13(10(2)3)15(18-9-17-14)19-7-8-20-12(5)11(19)4/h9-12H,6-8H2,1-5H3,(H,16,17,18). The summed E-state index contributed by atoms with van der Waals surface area (Å²) >= 11 is 2.05. The van der Waals surface area contributed by atoms with Crippen LogP contribution in [0.3, 0.4) is 0 Å². The second-order valence-corrected chi connectivity index (χ2v) is 7.14. The van der Waals surface area contributed by atoms with Crippen LogP contribution in [0.1, 0.15) is 46.1 Å². The zero-order valence-corrected chi connectivity index (χ0v) is 14.0. The van der Waals surface area contributed by atoms with Crippen LogP contribution in [0, 0.1) is 0 Å². The lowest BCUT2D eigenvalue weighted by atomic mass is 10.0. The van der Waals surface area contributed by atoms with Crippen LogP contribution in [0.5, 0.6) is 0 Å². The summed E-state index contributed by atoms with van der Waals surface area (Å²) in [4.78, 5) is 11.5. The number of nitrogens with one attached hydrogen (secondary N) is 1. The fourth-order valence-electron chi connectivity index (χ4n) is 2.69. The molecule has 1 N–H and O–H groups in total. The highest BCUT2D eigenvalue weighted by molar-refractivity contribution is 8.00. The van der Waals surface area contributed by atoms with Crippen molar-refractivity contribution in [3.8, 4) is 0 Å². The van der Waals surface area contributed by atoms with Crippen molar-refractivity contribution in [1.82, 2.24) is 9.97 Å². The lowest BCUT2D eigenvalue weighted by Gasteiger charge is -2.39. The van der Waals surface area contributed by atoms with Gasteiger partial charge in [-0.1, -0.05) is 20.8 Å².